The van der Waals surface area contributed by atoms with Crippen LogP contribution in [0.2, 0.25) is 0 Å². The van der Waals surface area contributed by atoms with E-state index in [0.29, 0.717) is 6.42 Å². The Balaban J connectivity index is 1.98. The third-order valence-electron chi connectivity index (χ3n) is 6.15. The summed E-state index contributed by atoms with van der Waals surface area (Å²) in [7, 11) is 1.65. The second-order valence-corrected chi connectivity index (χ2v) is 8.32. The van der Waals surface area contributed by atoms with Crippen molar-refractivity contribution in [1.29, 1.82) is 0 Å². The number of carbonyl (C=O) groups is 1. The Morgan fingerprint density at radius 3 is 2.77 bits per heavy atom. The molecule has 1 spiro atoms. The maximum atomic E-state index is 13.8. The molecule has 1 N–H and O–H groups in total. The van der Waals surface area contributed by atoms with Crippen LogP contribution in [0, 0.1) is 5.92 Å². The van der Waals surface area contributed by atoms with E-state index >= 15 is 0 Å². The van der Waals surface area contributed by atoms with E-state index < -0.39 is 11.1 Å². The van der Waals surface area contributed by atoms with Crippen molar-refractivity contribution in [1.82, 2.24) is 0 Å². The highest BCUT2D eigenvalue weighted by Crippen LogP contribution is 2.59. The van der Waals surface area contributed by atoms with Crippen LogP contribution in [0.1, 0.15) is 51.7 Å². The largest absolute Gasteiger partial charge is 0.497 e. The fourth-order valence-electron chi connectivity index (χ4n) is 5.05. The Hall–Kier alpha value is -1.85. The maximum absolute atomic E-state index is 13.8. The fraction of sp³-hybridized carbons (Fsp3) is 0.571. The van der Waals surface area contributed by atoms with Crippen molar-refractivity contribution in [2.24, 2.45) is 5.92 Å². The topological polar surface area (TPSA) is 59.0 Å². The highest BCUT2D eigenvalue weighted by Gasteiger charge is 2.63. The van der Waals surface area contributed by atoms with Crippen LogP contribution in [0.15, 0.2) is 18.2 Å². The van der Waals surface area contributed by atoms with Gasteiger partial charge in [0, 0.05) is 23.7 Å². The molecule has 1 fully saturated rings. The number of methoxy groups -OCH3 is 1. The number of carbonyl (C=O) groups excluding carboxylic acids is 1. The maximum Gasteiger partial charge on any atom is 0.265 e. The van der Waals surface area contributed by atoms with E-state index in [-0.39, 0.29) is 24.5 Å². The summed E-state index contributed by atoms with van der Waals surface area (Å²) in [6.07, 6.45) is 3.34. The average Bonchev–Trinajstić information content (AvgIpc) is 3.03. The number of benzene rings is 1. The zero-order valence-corrected chi connectivity index (χ0v) is 16.1. The molecule has 3 aliphatic rings. The standard InChI is InChI=1S/C21H27NO4/c1-12-11-20(3,4)22-18-16(12)9-15(25-5)10-17(18)21(19(22)24)13(2)8-14(26-21)6-7-23/h9-11,13-14,23H,6-8H2,1-5H3/t13-,14+,21+/m1/s1. The molecule has 0 saturated carbocycles. The highest BCUT2D eigenvalue weighted by molar-refractivity contribution is 6.12. The molecule has 3 atom stereocenters. The van der Waals surface area contributed by atoms with Crippen LogP contribution in [0.4, 0.5) is 5.69 Å². The van der Waals surface area contributed by atoms with E-state index in [4.69, 9.17) is 9.47 Å². The Labute approximate surface area is 154 Å². The second kappa shape index (κ2) is 5.57. The minimum Gasteiger partial charge on any atom is -0.497 e. The third-order valence-corrected chi connectivity index (χ3v) is 6.15. The average molecular weight is 357 g/mol. The molecule has 3 heterocycles. The third kappa shape index (κ3) is 2.07. The van der Waals surface area contributed by atoms with E-state index in [1.165, 1.54) is 0 Å². The van der Waals surface area contributed by atoms with E-state index in [1.807, 2.05) is 17.0 Å². The predicted molar refractivity (Wildman–Crippen MR) is 100 cm³/mol. The number of aliphatic hydroxyl groups is 1. The summed E-state index contributed by atoms with van der Waals surface area (Å²) in [5.41, 5.74) is 2.63. The first kappa shape index (κ1) is 17.6. The molecule has 0 radical (unpaired) electrons. The number of ether oxygens (including phenoxy) is 2. The molecule has 1 aromatic carbocycles. The molecular formula is C21H27NO4. The normalized spacial score (nSPS) is 31.4. The van der Waals surface area contributed by atoms with Gasteiger partial charge in [-0.25, -0.2) is 0 Å². The molecule has 140 valence electrons. The van der Waals surface area contributed by atoms with Gasteiger partial charge in [0.25, 0.3) is 5.91 Å². The quantitative estimate of drug-likeness (QED) is 0.902. The first-order valence-corrected chi connectivity index (χ1v) is 9.32. The number of hydrogen-bond acceptors (Lipinski definition) is 4. The summed E-state index contributed by atoms with van der Waals surface area (Å²) in [5.74, 6) is 0.773. The van der Waals surface area contributed by atoms with Gasteiger partial charge in [0.05, 0.1) is 24.4 Å². The zero-order valence-electron chi connectivity index (χ0n) is 16.1. The van der Waals surface area contributed by atoms with Gasteiger partial charge in [-0.05, 0) is 51.3 Å². The van der Waals surface area contributed by atoms with E-state index in [0.717, 1.165) is 34.6 Å². The van der Waals surface area contributed by atoms with Crippen LogP contribution in [0.25, 0.3) is 5.57 Å². The number of hydrogen-bond donors (Lipinski definition) is 1. The summed E-state index contributed by atoms with van der Waals surface area (Å²) < 4.78 is 12.0. The first-order valence-electron chi connectivity index (χ1n) is 9.32. The van der Waals surface area contributed by atoms with Gasteiger partial charge in [-0.1, -0.05) is 13.0 Å². The smallest absolute Gasteiger partial charge is 0.265 e. The molecule has 3 aliphatic heterocycles. The summed E-state index contributed by atoms with van der Waals surface area (Å²) in [4.78, 5) is 15.7. The van der Waals surface area contributed by atoms with Crippen molar-refractivity contribution in [3.8, 4) is 5.75 Å². The number of amides is 1. The van der Waals surface area contributed by atoms with E-state index in [9.17, 15) is 9.90 Å². The van der Waals surface area contributed by atoms with Crippen LogP contribution >= 0.6 is 0 Å². The molecule has 5 nitrogen and oxygen atoms in total. The van der Waals surface area contributed by atoms with E-state index in [2.05, 4.69) is 33.8 Å². The van der Waals surface area contributed by atoms with Crippen molar-refractivity contribution >= 4 is 17.2 Å². The lowest BCUT2D eigenvalue weighted by atomic mass is 9.82. The lowest BCUT2D eigenvalue weighted by Crippen LogP contribution is -2.52. The van der Waals surface area contributed by atoms with Crippen molar-refractivity contribution < 1.29 is 19.4 Å². The van der Waals surface area contributed by atoms with Gasteiger partial charge in [-0.15, -0.1) is 0 Å². The van der Waals surface area contributed by atoms with Gasteiger partial charge in [0.1, 0.15) is 5.75 Å². The number of aliphatic hydroxyl groups excluding tert-OH is 1. The zero-order chi connectivity index (χ0) is 18.9. The van der Waals surface area contributed by atoms with Crippen LogP contribution in [-0.2, 0) is 15.1 Å². The molecule has 5 heteroatoms. The van der Waals surface area contributed by atoms with Crippen LogP contribution in [-0.4, -0.2) is 36.4 Å². The van der Waals surface area contributed by atoms with Gasteiger partial charge >= 0.3 is 0 Å². The fourth-order valence-corrected chi connectivity index (χ4v) is 5.05. The summed E-state index contributed by atoms with van der Waals surface area (Å²) in [5, 5.41) is 9.35. The lowest BCUT2D eigenvalue weighted by molar-refractivity contribution is -0.147. The van der Waals surface area contributed by atoms with Gasteiger partial charge in [0.15, 0.2) is 5.60 Å². The molecule has 1 saturated heterocycles. The molecule has 0 aromatic heterocycles. The number of fused-ring (bicyclic) bond motifs is 1. The van der Waals surface area contributed by atoms with Crippen molar-refractivity contribution in [2.75, 3.05) is 18.6 Å². The first-order chi connectivity index (χ1) is 12.3. The van der Waals surface area contributed by atoms with Gasteiger partial charge < -0.3 is 14.6 Å². The Morgan fingerprint density at radius 2 is 2.12 bits per heavy atom. The molecular weight excluding hydrogens is 330 g/mol. The molecule has 0 aliphatic carbocycles. The second-order valence-electron chi connectivity index (χ2n) is 8.32. The van der Waals surface area contributed by atoms with Crippen LogP contribution < -0.4 is 9.64 Å². The van der Waals surface area contributed by atoms with Crippen molar-refractivity contribution in [2.45, 2.75) is 57.8 Å². The summed E-state index contributed by atoms with van der Waals surface area (Å²) in [6.45, 7) is 8.35. The molecule has 26 heavy (non-hydrogen) atoms. The van der Waals surface area contributed by atoms with Crippen LogP contribution in [0.3, 0.4) is 0 Å². The van der Waals surface area contributed by atoms with E-state index in [1.54, 1.807) is 7.11 Å². The van der Waals surface area contributed by atoms with Gasteiger partial charge in [-0.3, -0.25) is 9.69 Å². The highest BCUT2D eigenvalue weighted by atomic mass is 16.5. The number of allylic oxidation sites excluding steroid dienone is 1. The minimum absolute atomic E-state index is 0.00342. The molecule has 1 aromatic rings. The Kier molecular flexibility index (Phi) is 3.76. The summed E-state index contributed by atoms with van der Waals surface area (Å²) >= 11 is 0. The molecule has 0 bridgehead atoms. The predicted octanol–water partition coefficient (Wildman–Crippen LogP) is 3.24. The SMILES string of the molecule is COc1cc2c3c(c1)[C@]1(O[C@@H](CCO)C[C@H]1C)C(=O)N3C(C)(C)C=C2C. The number of rotatable bonds is 3. The minimum atomic E-state index is -0.992. The molecule has 0 unspecified atom stereocenters. The Morgan fingerprint density at radius 1 is 1.38 bits per heavy atom. The number of nitrogens with zero attached hydrogens (tertiary/aromatic N) is 1. The van der Waals surface area contributed by atoms with Gasteiger partial charge in [0.2, 0.25) is 0 Å². The van der Waals surface area contributed by atoms with Crippen molar-refractivity contribution in [3.05, 3.63) is 29.3 Å². The molecule has 4 rings (SSSR count). The van der Waals surface area contributed by atoms with Gasteiger partial charge in [-0.2, -0.15) is 0 Å². The Bertz CT molecular complexity index is 812. The lowest BCUT2D eigenvalue weighted by Gasteiger charge is -2.39. The van der Waals surface area contributed by atoms with Crippen LogP contribution in [0.5, 0.6) is 5.75 Å². The van der Waals surface area contributed by atoms with Crippen molar-refractivity contribution in [3.63, 3.8) is 0 Å². The summed E-state index contributed by atoms with van der Waals surface area (Å²) in [6, 6.07) is 3.97. The monoisotopic (exact) mass is 357 g/mol. The molecule has 1 amide bonds. The number of anilines is 1.